The molecule has 5 heteroatoms. The molecular weight excluding hydrogens is 242 g/mol. The molecule has 0 fully saturated rings. The molecule has 0 aliphatic rings. The number of aromatic nitrogens is 2. The Morgan fingerprint density at radius 3 is 2.68 bits per heavy atom. The summed E-state index contributed by atoms with van der Waals surface area (Å²) >= 11 is 0. The Morgan fingerprint density at radius 1 is 1.42 bits per heavy atom. The number of rotatable bonds is 4. The van der Waals surface area contributed by atoms with Crippen molar-refractivity contribution in [1.29, 1.82) is 0 Å². The van der Waals surface area contributed by atoms with E-state index in [0.29, 0.717) is 5.56 Å². The van der Waals surface area contributed by atoms with Gasteiger partial charge in [-0.05, 0) is 18.6 Å². The van der Waals surface area contributed by atoms with Crippen LogP contribution in [0.3, 0.4) is 0 Å². The smallest absolute Gasteiger partial charge is 0.275 e. The molecule has 0 saturated heterocycles. The molecule has 0 amide bonds. The van der Waals surface area contributed by atoms with Crippen molar-refractivity contribution in [3.05, 3.63) is 63.5 Å². The first kappa shape index (κ1) is 13.0. The first-order valence-corrected chi connectivity index (χ1v) is 6.06. The maximum absolute atomic E-state index is 11.2. The van der Waals surface area contributed by atoms with E-state index in [0.717, 1.165) is 17.7 Å². The fourth-order valence-electron chi connectivity index (χ4n) is 1.95. The molecule has 5 nitrogen and oxygen atoms in total. The van der Waals surface area contributed by atoms with Gasteiger partial charge in [0.2, 0.25) is 0 Å². The van der Waals surface area contributed by atoms with E-state index in [2.05, 4.69) is 5.10 Å². The van der Waals surface area contributed by atoms with E-state index in [4.69, 9.17) is 0 Å². The summed E-state index contributed by atoms with van der Waals surface area (Å²) in [6.07, 6.45) is 4.12. The summed E-state index contributed by atoms with van der Waals surface area (Å²) in [5.41, 5.74) is 2.33. The van der Waals surface area contributed by atoms with Gasteiger partial charge in [0.05, 0.1) is 16.2 Å². The Hall–Kier alpha value is -2.43. The number of hydrogen-bond acceptors (Lipinski definition) is 3. The van der Waals surface area contributed by atoms with Gasteiger partial charge in [0.25, 0.3) is 5.70 Å². The van der Waals surface area contributed by atoms with Gasteiger partial charge in [-0.2, -0.15) is 5.10 Å². The monoisotopic (exact) mass is 257 g/mol. The molecule has 2 aromatic rings. The lowest BCUT2D eigenvalue weighted by Crippen LogP contribution is -1.98. The summed E-state index contributed by atoms with van der Waals surface area (Å²) < 4.78 is 1.67. The van der Waals surface area contributed by atoms with Crippen LogP contribution in [-0.2, 0) is 13.5 Å². The van der Waals surface area contributed by atoms with Crippen molar-refractivity contribution in [2.75, 3.05) is 0 Å². The zero-order chi connectivity index (χ0) is 13.8. The van der Waals surface area contributed by atoms with Crippen molar-refractivity contribution in [3.63, 3.8) is 0 Å². The summed E-state index contributed by atoms with van der Waals surface area (Å²) in [7, 11) is 1.81. The van der Waals surface area contributed by atoms with E-state index >= 15 is 0 Å². The minimum atomic E-state index is -0.359. The van der Waals surface area contributed by atoms with Crippen LogP contribution in [0.25, 0.3) is 11.8 Å². The van der Waals surface area contributed by atoms with Crippen molar-refractivity contribution in [1.82, 2.24) is 9.78 Å². The van der Waals surface area contributed by atoms with Gasteiger partial charge in [0.15, 0.2) is 0 Å². The first-order chi connectivity index (χ1) is 9.11. The van der Waals surface area contributed by atoms with Gasteiger partial charge in [-0.1, -0.05) is 25.1 Å². The quantitative estimate of drug-likeness (QED) is 0.625. The largest absolute Gasteiger partial charge is 0.277 e. The van der Waals surface area contributed by atoms with E-state index < -0.39 is 0 Å². The minimum Gasteiger partial charge on any atom is -0.275 e. The van der Waals surface area contributed by atoms with E-state index in [-0.39, 0.29) is 10.6 Å². The highest BCUT2D eigenvalue weighted by Crippen LogP contribution is 2.20. The molecule has 1 aromatic carbocycles. The molecule has 0 N–H and O–H groups in total. The maximum Gasteiger partial charge on any atom is 0.277 e. The summed E-state index contributed by atoms with van der Waals surface area (Å²) in [5, 5.41) is 15.5. The average Bonchev–Trinajstić information content (AvgIpc) is 2.76. The normalized spacial score (nSPS) is 11.6. The Balaban J connectivity index is 2.50. The fourth-order valence-corrected chi connectivity index (χ4v) is 1.95. The third-order valence-corrected chi connectivity index (χ3v) is 2.83. The molecule has 0 unspecified atom stereocenters. The third kappa shape index (κ3) is 2.88. The average molecular weight is 257 g/mol. The van der Waals surface area contributed by atoms with Crippen molar-refractivity contribution < 1.29 is 4.92 Å². The zero-order valence-corrected chi connectivity index (χ0v) is 10.9. The molecule has 0 radical (unpaired) electrons. The molecule has 0 bridgehead atoms. The standard InChI is InChI=1S/C14H15N3O2/c1-3-13-12(10-16(2)15-13)9-14(17(18)19)11-7-5-4-6-8-11/h4-10H,3H2,1-2H3/b14-9+. The lowest BCUT2D eigenvalue weighted by Gasteiger charge is -1.98. The van der Waals surface area contributed by atoms with Crippen LogP contribution in [0.15, 0.2) is 36.5 Å². The molecule has 0 atom stereocenters. The first-order valence-electron chi connectivity index (χ1n) is 6.06. The molecule has 1 aromatic heterocycles. The van der Waals surface area contributed by atoms with Crippen LogP contribution in [0.2, 0.25) is 0 Å². The van der Waals surface area contributed by atoms with Crippen LogP contribution in [0.4, 0.5) is 0 Å². The highest BCUT2D eigenvalue weighted by molar-refractivity contribution is 5.76. The van der Waals surface area contributed by atoms with E-state index in [1.54, 1.807) is 41.2 Å². The topological polar surface area (TPSA) is 61.0 Å². The predicted molar refractivity (Wildman–Crippen MR) is 73.9 cm³/mol. The summed E-state index contributed by atoms with van der Waals surface area (Å²) in [4.78, 5) is 10.9. The van der Waals surface area contributed by atoms with Crippen LogP contribution >= 0.6 is 0 Å². The second-order valence-corrected chi connectivity index (χ2v) is 4.21. The summed E-state index contributed by atoms with van der Waals surface area (Å²) in [5.74, 6) is 0. The van der Waals surface area contributed by atoms with Crippen LogP contribution in [0, 0.1) is 10.1 Å². The van der Waals surface area contributed by atoms with Crippen molar-refractivity contribution in [3.8, 4) is 0 Å². The second kappa shape index (κ2) is 5.48. The van der Waals surface area contributed by atoms with Crippen molar-refractivity contribution in [2.45, 2.75) is 13.3 Å². The van der Waals surface area contributed by atoms with Gasteiger partial charge in [0.1, 0.15) is 0 Å². The van der Waals surface area contributed by atoms with Gasteiger partial charge >= 0.3 is 0 Å². The number of aryl methyl sites for hydroxylation is 2. The van der Waals surface area contributed by atoms with Gasteiger partial charge in [0, 0.05) is 24.9 Å². The van der Waals surface area contributed by atoms with Crippen molar-refractivity contribution in [2.24, 2.45) is 7.05 Å². The van der Waals surface area contributed by atoms with Gasteiger partial charge in [-0.15, -0.1) is 0 Å². The van der Waals surface area contributed by atoms with Crippen molar-refractivity contribution >= 4 is 11.8 Å². The van der Waals surface area contributed by atoms with Gasteiger partial charge in [-0.3, -0.25) is 14.8 Å². The molecule has 0 aliphatic carbocycles. The van der Waals surface area contributed by atoms with Crippen LogP contribution < -0.4 is 0 Å². The molecule has 2 rings (SSSR count). The molecular formula is C14H15N3O2. The molecule has 19 heavy (non-hydrogen) atoms. The Labute approximate surface area is 111 Å². The summed E-state index contributed by atoms with van der Waals surface area (Å²) in [6.45, 7) is 1.98. The van der Waals surface area contributed by atoms with Gasteiger partial charge < -0.3 is 0 Å². The molecule has 0 aliphatic heterocycles. The molecule has 98 valence electrons. The minimum absolute atomic E-state index is 0.0864. The fraction of sp³-hybridized carbons (Fsp3) is 0.214. The number of hydrogen-bond donors (Lipinski definition) is 0. The Bertz CT molecular complexity index is 615. The molecule has 0 saturated carbocycles. The predicted octanol–water partition coefficient (Wildman–Crippen LogP) is 2.76. The zero-order valence-electron chi connectivity index (χ0n) is 10.9. The van der Waals surface area contributed by atoms with Crippen LogP contribution in [-0.4, -0.2) is 14.7 Å². The van der Waals surface area contributed by atoms with E-state index in [1.807, 2.05) is 20.0 Å². The number of nitro groups is 1. The number of nitrogens with zero attached hydrogens (tertiary/aromatic N) is 3. The highest BCUT2D eigenvalue weighted by atomic mass is 16.6. The van der Waals surface area contributed by atoms with Gasteiger partial charge in [-0.25, -0.2) is 0 Å². The van der Waals surface area contributed by atoms with Crippen LogP contribution in [0.5, 0.6) is 0 Å². The third-order valence-electron chi connectivity index (χ3n) is 2.83. The Morgan fingerprint density at radius 2 is 2.11 bits per heavy atom. The highest BCUT2D eigenvalue weighted by Gasteiger charge is 2.15. The van der Waals surface area contributed by atoms with E-state index in [9.17, 15) is 10.1 Å². The SMILES string of the molecule is CCc1nn(C)cc1/C=C(\c1ccccc1)[N+](=O)[O-]. The lowest BCUT2D eigenvalue weighted by molar-refractivity contribution is -0.374. The Kier molecular flexibility index (Phi) is 3.75. The maximum atomic E-state index is 11.2. The molecule has 1 heterocycles. The molecule has 0 spiro atoms. The lowest BCUT2D eigenvalue weighted by atomic mass is 10.1. The number of benzene rings is 1. The van der Waals surface area contributed by atoms with E-state index in [1.165, 1.54) is 0 Å². The van der Waals surface area contributed by atoms with Crippen LogP contribution in [0.1, 0.15) is 23.7 Å². The second-order valence-electron chi connectivity index (χ2n) is 4.21. The summed E-state index contributed by atoms with van der Waals surface area (Å²) in [6, 6.07) is 8.88.